The van der Waals surface area contributed by atoms with Crippen LogP contribution in [0.2, 0.25) is 0 Å². The number of pyridine rings is 1. The van der Waals surface area contributed by atoms with Gasteiger partial charge in [0.05, 0.1) is 23.5 Å². The molecule has 2 aromatic heterocycles. The number of benzene rings is 1. The van der Waals surface area contributed by atoms with E-state index >= 15 is 0 Å². The minimum atomic E-state index is -3.56. The van der Waals surface area contributed by atoms with Gasteiger partial charge in [-0.3, -0.25) is 4.98 Å². The Labute approximate surface area is 164 Å². The number of halogens is 1. The van der Waals surface area contributed by atoms with E-state index in [-0.39, 0.29) is 17.3 Å². The predicted octanol–water partition coefficient (Wildman–Crippen LogP) is 2.36. The number of quaternary nitrogens is 1. The van der Waals surface area contributed by atoms with Gasteiger partial charge in [-0.05, 0) is 30.7 Å². The Bertz CT molecular complexity index is 1150. The molecule has 8 heteroatoms. The van der Waals surface area contributed by atoms with Crippen LogP contribution in [0.3, 0.4) is 0 Å². The summed E-state index contributed by atoms with van der Waals surface area (Å²) in [4.78, 5) is 4.42. The molecule has 1 aromatic carbocycles. The van der Waals surface area contributed by atoms with Crippen molar-refractivity contribution in [1.29, 1.82) is 0 Å². The number of hydrogen-bond donors (Lipinski definition) is 1. The largest absolute Gasteiger partial charge is 0.354 e. The number of allylic oxidation sites excluding steroid dienone is 1. The van der Waals surface area contributed by atoms with Crippen molar-refractivity contribution in [3.8, 4) is 11.1 Å². The molecule has 28 heavy (non-hydrogen) atoms. The summed E-state index contributed by atoms with van der Waals surface area (Å²) < 4.78 is 42.3. The van der Waals surface area contributed by atoms with Crippen LogP contribution in [0, 0.1) is 6.92 Å². The average Bonchev–Trinajstić information content (AvgIpc) is 2.94. The number of nitrogens with zero attached hydrogens (tertiary/aromatic N) is 3. The molecule has 0 unspecified atom stereocenters. The monoisotopic (exact) mass is 403 g/mol. The van der Waals surface area contributed by atoms with Gasteiger partial charge in [-0.2, -0.15) is 0 Å². The van der Waals surface area contributed by atoms with Crippen LogP contribution in [-0.2, 0) is 16.6 Å². The SMILES string of the molecule is Cc1c(-c2cccc(S(=O)(=O)N(C)C)c2)c2cnccc2n1C/C(F)=C/C[NH3+]. The van der Waals surface area contributed by atoms with Crippen molar-refractivity contribution in [3.63, 3.8) is 0 Å². The van der Waals surface area contributed by atoms with Gasteiger partial charge in [0, 0.05) is 49.2 Å². The van der Waals surface area contributed by atoms with Gasteiger partial charge >= 0.3 is 0 Å². The molecule has 0 saturated heterocycles. The fraction of sp³-hybridized carbons (Fsp3) is 0.250. The molecule has 148 valence electrons. The lowest BCUT2D eigenvalue weighted by molar-refractivity contribution is -0.353. The smallest absolute Gasteiger partial charge is 0.242 e. The molecule has 3 N–H and O–H groups in total. The summed E-state index contributed by atoms with van der Waals surface area (Å²) in [5, 5.41) is 0.849. The Morgan fingerprint density at radius 3 is 2.75 bits per heavy atom. The quantitative estimate of drug-likeness (QED) is 0.686. The third kappa shape index (κ3) is 3.58. The molecular formula is C20H24FN4O2S+. The summed E-state index contributed by atoms with van der Waals surface area (Å²) in [6, 6.07) is 8.63. The van der Waals surface area contributed by atoms with E-state index in [1.165, 1.54) is 24.5 Å². The zero-order valence-corrected chi connectivity index (χ0v) is 17.0. The average molecular weight is 404 g/mol. The lowest BCUT2D eigenvalue weighted by atomic mass is 10.0. The van der Waals surface area contributed by atoms with E-state index < -0.39 is 10.0 Å². The van der Waals surface area contributed by atoms with E-state index in [2.05, 4.69) is 10.7 Å². The zero-order chi connectivity index (χ0) is 20.5. The van der Waals surface area contributed by atoms with Gasteiger partial charge in [0.15, 0.2) is 0 Å². The molecule has 0 aliphatic heterocycles. The normalized spacial score (nSPS) is 12.9. The molecule has 0 spiro atoms. The van der Waals surface area contributed by atoms with E-state index in [0.717, 1.165) is 27.7 Å². The van der Waals surface area contributed by atoms with E-state index in [1.54, 1.807) is 30.6 Å². The minimum absolute atomic E-state index is 0.0948. The maximum absolute atomic E-state index is 14.2. The fourth-order valence-electron chi connectivity index (χ4n) is 3.29. The van der Waals surface area contributed by atoms with Gasteiger partial charge in [-0.15, -0.1) is 0 Å². The van der Waals surface area contributed by atoms with Crippen molar-refractivity contribution < 1.29 is 18.5 Å². The summed E-state index contributed by atoms with van der Waals surface area (Å²) >= 11 is 0. The Balaban J connectivity index is 2.23. The number of sulfonamides is 1. The zero-order valence-electron chi connectivity index (χ0n) is 16.2. The lowest BCUT2D eigenvalue weighted by Gasteiger charge is -2.13. The summed E-state index contributed by atoms with van der Waals surface area (Å²) in [6.45, 7) is 2.38. The van der Waals surface area contributed by atoms with Crippen LogP contribution < -0.4 is 5.73 Å². The topological polar surface area (TPSA) is 82.8 Å². The summed E-state index contributed by atoms with van der Waals surface area (Å²) in [5.41, 5.74) is 6.94. The molecule has 0 fully saturated rings. The molecule has 0 saturated carbocycles. The highest BCUT2D eigenvalue weighted by atomic mass is 32.2. The van der Waals surface area contributed by atoms with Crippen LogP contribution in [0.15, 0.2) is 59.5 Å². The Hall–Kier alpha value is -2.55. The lowest BCUT2D eigenvalue weighted by Crippen LogP contribution is -2.49. The van der Waals surface area contributed by atoms with E-state index in [4.69, 9.17) is 0 Å². The first-order valence-corrected chi connectivity index (χ1v) is 10.3. The van der Waals surface area contributed by atoms with Crippen molar-refractivity contribution in [1.82, 2.24) is 13.9 Å². The molecule has 0 radical (unpaired) electrons. The van der Waals surface area contributed by atoms with Crippen molar-refractivity contribution in [2.24, 2.45) is 0 Å². The van der Waals surface area contributed by atoms with Crippen molar-refractivity contribution in [2.45, 2.75) is 18.4 Å². The van der Waals surface area contributed by atoms with Crippen LogP contribution in [0.5, 0.6) is 0 Å². The summed E-state index contributed by atoms with van der Waals surface area (Å²) in [7, 11) is -0.557. The van der Waals surface area contributed by atoms with Gasteiger partial charge in [-0.25, -0.2) is 17.1 Å². The van der Waals surface area contributed by atoms with E-state index in [9.17, 15) is 12.8 Å². The Morgan fingerprint density at radius 1 is 1.32 bits per heavy atom. The highest BCUT2D eigenvalue weighted by molar-refractivity contribution is 7.89. The van der Waals surface area contributed by atoms with E-state index in [0.29, 0.717) is 6.54 Å². The van der Waals surface area contributed by atoms with Gasteiger partial charge in [-0.1, -0.05) is 12.1 Å². The van der Waals surface area contributed by atoms with Crippen LogP contribution in [0.1, 0.15) is 5.69 Å². The number of fused-ring (bicyclic) bond motifs is 1. The summed E-state index contributed by atoms with van der Waals surface area (Å²) in [5.74, 6) is -0.262. The van der Waals surface area contributed by atoms with Crippen molar-refractivity contribution in [3.05, 3.63) is 60.3 Å². The van der Waals surface area contributed by atoms with Gasteiger partial charge in [0.1, 0.15) is 5.83 Å². The van der Waals surface area contributed by atoms with Crippen molar-refractivity contribution >= 4 is 20.9 Å². The Morgan fingerprint density at radius 2 is 2.07 bits per heavy atom. The highest BCUT2D eigenvalue weighted by Crippen LogP contribution is 2.35. The third-order valence-electron chi connectivity index (χ3n) is 4.70. The summed E-state index contributed by atoms with van der Waals surface area (Å²) in [6.07, 6.45) is 4.85. The van der Waals surface area contributed by atoms with Crippen LogP contribution in [0.25, 0.3) is 22.0 Å². The standard InChI is InChI=1S/C20H23FN4O2S/c1-14-20(15-5-4-6-17(11-15)28(26,27)24(2)3)18-12-23-10-8-19(18)25(14)13-16(21)7-9-22/h4-8,10-12H,9,13,22H2,1-3H3/p+1/b16-7-. The number of rotatable bonds is 6. The van der Waals surface area contributed by atoms with Gasteiger partial charge in [0.25, 0.3) is 0 Å². The molecule has 0 atom stereocenters. The maximum Gasteiger partial charge on any atom is 0.242 e. The second kappa shape index (κ2) is 7.83. The molecule has 3 aromatic rings. The molecular weight excluding hydrogens is 379 g/mol. The van der Waals surface area contributed by atoms with Gasteiger partial charge < -0.3 is 10.3 Å². The molecule has 3 rings (SSSR count). The molecule has 6 nitrogen and oxygen atoms in total. The second-order valence-electron chi connectivity index (χ2n) is 6.69. The molecule has 2 heterocycles. The van der Waals surface area contributed by atoms with Crippen LogP contribution in [0.4, 0.5) is 4.39 Å². The van der Waals surface area contributed by atoms with Crippen LogP contribution >= 0.6 is 0 Å². The minimum Gasteiger partial charge on any atom is -0.354 e. The Kier molecular flexibility index (Phi) is 5.64. The van der Waals surface area contributed by atoms with Gasteiger partial charge in [0.2, 0.25) is 10.0 Å². The first-order chi connectivity index (χ1) is 13.3. The highest BCUT2D eigenvalue weighted by Gasteiger charge is 2.21. The van der Waals surface area contributed by atoms with Crippen LogP contribution in [-0.4, -0.2) is 42.9 Å². The predicted molar refractivity (Wildman–Crippen MR) is 108 cm³/mol. The number of hydrogen-bond acceptors (Lipinski definition) is 3. The number of aromatic nitrogens is 2. The maximum atomic E-state index is 14.2. The second-order valence-corrected chi connectivity index (χ2v) is 8.85. The van der Waals surface area contributed by atoms with Crippen molar-refractivity contribution in [2.75, 3.05) is 20.6 Å². The first-order valence-electron chi connectivity index (χ1n) is 8.87. The van der Waals surface area contributed by atoms with E-state index in [1.807, 2.05) is 23.6 Å². The molecule has 0 aliphatic rings. The third-order valence-corrected chi connectivity index (χ3v) is 6.51. The first kappa shape index (κ1) is 20.2. The molecule has 0 amide bonds. The molecule has 0 aliphatic carbocycles. The molecule has 0 bridgehead atoms. The fourth-order valence-corrected chi connectivity index (χ4v) is 4.24.